The molecule has 5 heterocycles. The Morgan fingerprint density at radius 1 is 1.02 bits per heavy atom. The number of hydrogen-bond acceptors (Lipinski definition) is 11. The summed E-state index contributed by atoms with van der Waals surface area (Å²) in [5.74, 6) is -0.230. The van der Waals surface area contributed by atoms with Crippen LogP contribution in [0.1, 0.15) is 18.4 Å². The predicted octanol–water partition coefficient (Wildman–Crippen LogP) is 1.54. The van der Waals surface area contributed by atoms with Crippen molar-refractivity contribution in [1.29, 1.82) is 0 Å². The second kappa shape index (κ2) is 11.0. The van der Waals surface area contributed by atoms with Gasteiger partial charge in [-0.1, -0.05) is 0 Å². The molecule has 3 atom stereocenters. The summed E-state index contributed by atoms with van der Waals surface area (Å²) in [5, 5.41) is 20.3. The Kier molecular flexibility index (Phi) is 8.16. The molecule has 42 heavy (non-hydrogen) atoms. The van der Waals surface area contributed by atoms with Crippen molar-refractivity contribution in [2.45, 2.75) is 59.2 Å². The SMILES string of the molecule is Nc1ccc(S(=O)(=O)N2CCN(c3ncc(C(O)(C(F)(F)F)C(F)(F)F)cn3)[C@@H](CN3C4COCC3CC(O)C4)C2)s1. The molecule has 2 unspecified atom stereocenters. The predicted molar refractivity (Wildman–Crippen MR) is 137 cm³/mol. The fraction of sp³-hybridized carbons (Fsp3) is 0.652. The van der Waals surface area contributed by atoms with Crippen LogP contribution in [0.5, 0.6) is 0 Å². The number of aliphatic hydroxyl groups excluding tert-OH is 1. The lowest BCUT2D eigenvalue weighted by Crippen LogP contribution is -2.64. The first-order valence-corrected chi connectivity index (χ1v) is 15.1. The third kappa shape index (κ3) is 5.55. The fourth-order valence-electron chi connectivity index (χ4n) is 5.71. The Labute approximate surface area is 240 Å². The molecule has 3 aliphatic heterocycles. The molecule has 0 amide bonds. The summed E-state index contributed by atoms with van der Waals surface area (Å²) in [6.07, 6.45) is -11.3. The number of rotatable bonds is 6. The number of fused-ring (bicyclic) bond motifs is 2. The average molecular weight is 647 g/mol. The molecule has 3 aliphatic rings. The van der Waals surface area contributed by atoms with Crippen LogP contribution in [0.4, 0.5) is 37.3 Å². The number of nitrogens with two attached hydrogens (primary N) is 1. The molecule has 5 rings (SSSR count). The topological polar surface area (TPSA) is 145 Å². The van der Waals surface area contributed by atoms with Crippen molar-refractivity contribution in [3.05, 3.63) is 30.1 Å². The number of aromatic nitrogens is 2. The molecular formula is C23H28F6N6O5S2. The van der Waals surface area contributed by atoms with E-state index in [2.05, 4.69) is 14.9 Å². The van der Waals surface area contributed by atoms with E-state index in [4.69, 9.17) is 10.5 Å². The van der Waals surface area contributed by atoms with Crippen molar-refractivity contribution >= 4 is 32.3 Å². The number of ether oxygens (including phenoxy) is 1. The lowest BCUT2D eigenvalue weighted by Gasteiger charge is -2.50. The number of aliphatic hydroxyl groups is 2. The number of halogens is 6. The maximum atomic E-state index is 13.4. The summed E-state index contributed by atoms with van der Waals surface area (Å²) in [6.45, 7) is 0.676. The standard InChI is InChI=1S/C23H28F6N6O5S2/c24-22(25,26)21(37,23(27,28)29)13-7-31-20(32-8-13)34-4-3-33(42(38,39)19-2-1-18(30)41-19)9-16(34)10-35-14-5-17(36)6-15(35)12-40-11-14/h1-2,7-8,14-17,36-37H,3-6,9-12,30H2/t14?,15?,16-,17?/m1/s1. The van der Waals surface area contributed by atoms with Crippen molar-refractivity contribution in [1.82, 2.24) is 19.2 Å². The van der Waals surface area contributed by atoms with Gasteiger partial charge < -0.3 is 25.6 Å². The highest BCUT2D eigenvalue weighted by Gasteiger charge is 2.71. The van der Waals surface area contributed by atoms with E-state index in [9.17, 15) is 45.0 Å². The number of sulfonamides is 1. The Hall–Kier alpha value is -2.29. The molecule has 2 bridgehead atoms. The van der Waals surface area contributed by atoms with Crippen LogP contribution in [0.15, 0.2) is 28.7 Å². The van der Waals surface area contributed by atoms with Crippen LogP contribution in [0, 0.1) is 0 Å². The molecule has 0 spiro atoms. The zero-order valence-corrected chi connectivity index (χ0v) is 23.4. The molecule has 4 N–H and O–H groups in total. The maximum absolute atomic E-state index is 13.4. The first-order chi connectivity index (χ1) is 19.5. The monoisotopic (exact) mass is 646 g/mol. The molecule has 0 radical (unpaired) electrons. The highest BCUT2D eigenvalue weighted by molar-refractivity contribution is 7.91. The van der Waals surface area contributed by atoms with Crippen molar-refractivity contribution in [2.75, 3.05) is 50.0 Å². The van der Waals surface area contributed by atoms with Gasteiger partial charge in [0.25, 0.3) is 15.6 Å². The minimum absolute atomic E-state index is 0.0257. The Morgan fingerprint density at radius 2 is 1.62 bits per heavy atom. The van der Waals surface area contributed by atoms with Gasteiger partial charge in [-0.3, -0.25) is 4.90 Å². The van der Waals surface area contributed by atoms with Crippen molar-refractivity contribution in [2.24, 2.45) is 0 Å². The van der Waals surface area contributed by atoms with Crippen LogP contribution in [0.3, 0.4) is 0 Å². The Balaban J connectivity index is 1.46. The molecule has 19 heteroatoms. The number of alkyl halides is 6. The van der Waals surface area contributed by atoms with Crippen LogP contribution in [-0.2, 0) is 20.4 Å². The second-order valence-electron chi connectivity index (χ2n) is 10.5. The number of piperidine rings is 1. The van der Waals surface area contributed by atoms with Crippen molar-refractivity contribution < 1.29 is 49.7 Å². The van der Waals surface area contributed by atoms with Crippen LogP contribution in [0.25, 0.3) is 0 Å². The molecule has 3 saturated heterocycles. The highest BCUT2D eigenvalue weighted by atomic mass is 32.2. The second-order valence-corrected chi connectivity index (χ2v) is 13.8. The Bertz CT molecular complexity index is 1350. The Morgan fingerprint density at radius 3 is 2.14 bits per heavy atom. The number of hydrogen-bond donors (Lipinski definition) is 3. The summed E-state index contributed by atoms with van der Waals surface area (Å²) in [5.41, 5.74) is -1.06. The first kappa shape index (κ1) is 31.1. The molecule has 11 nitrogen and oxygen atoms in total. The summed E-state index contributed by atoms with van der Waals surface area (Å²) in [4.78, 5) is 11.1. The number of piperazine rings is 1. The number of nitrogen functional groups attached to an aromatic ring is 1. The smallest absolute Gasteiger partial charge is 0.393 e. The molecule has 0 aliphatic carbocycles. The van der Waals surface area contributed by atoms with Crippen molar-refractivity contribution in [3.8, 4) is 0 Å². The van der Waals surface area contributed by atoms with Gasteiger partial charge in [-0.15, -0.1) is 11.3 Å². The largest absolute Gasteiger partial charge is 0.430 e. The molecular weight excluding hydrogens is 618 g/mol. The van der Waals surface area contributed by atoms with Gasteiger partial charge in [0.05, 0.1) is 30.4 Å². The third-order valence-electron chi connectivity index (χ3n) is 7.84. The first-order valence-electron chi connectivity index (χ1n) is 12.8. The van der Waals surface area contributed by atoms with Crippen molar-refractivity contribution in [3.63, 3.8) is 0 Å². The minimum Gasteiger partial charge on any atom is -0.393 e. The molecule has 0 aromatic carbocycles. The van der Waals surface area contributed by atoms with Gasteiger partial charge in [0.15, 0.2) is 0 Å². The molecule has 3 fully saturated rings. The van der Waals surface area contributed by atoms with Crippen LogP contribution in [0.2, 0.25) is 0 Å². The van der Waals surface area contributed by atoms with Gasteiger partial charge in [0.2, 0.25) is 5.95 Å². The van der Waals surface area contributed by atoms with E-state index >= 15 is 0 Å². The van der Waals surface area contributed by atoms with Gasteiger partial charge in [-0.25, -0.2) is 18.4 Å². The average Bonchev–Trinajstić information content (AvgIpc) is 3.34. The van der Waals surface area contributed by atoms with E-state index < -0.39 is 45.7 Å². The number of thiophene rings is 1. The summed E-state index contributed by atoms with van der Waals surface area (Å²) in [7, 11) is -3.97. The molecule has 234 valence electrons. The zero-order valence-electron chi connectivity index (χ0n) is 21.8. The summed E-state index contributed by atoms with van der Waals surface area (Å²) < 4.78 is 114. The highest BCUT2D eigenvalue weighted by Crippen LogP contribution is 2.49. The zero-order chi connectivity index (χ0) is 30.7. The van der Waals surface area contributed by atoms with E-state index in [1.54, 1.807) is 0 Å². The van der Waals surface area contributed by atoms with Gasteiger partial charge >= 0.3 is 12.4 Å². The van der Waals surface area contributed by atoms with Gasteiger partial charge in [0.1, 0.15) is 4.21 Å². The maximum Gasteiger partial charge on any atom is 0.430 e. The normalized spacial score (nSPS) is 26.9. The fourth-order valence-corrected chi connectivity index (χ4v) is 8.43. The number of anilines is 2. The molecule has 2 aromatic heterocycles. The van der Waals surface area contributed by atoms with Gasteiger partial charge in [-0.05, 0) is 25.0 Å². The van der Waals surface area contributed by atoms with Gasteiger partial charge in [-0.2, -0.15) is 30.6 Å². The number of morpholine rings is 1. The lowest BCUT2D eigenvalue weighted by atomic mass is 9.91. The molecule has 0 saturated carbocycles. The lowest BCUT2D eigenvalue weighted by molar-refractivity contribution is -0.376. The van der Waals surface area contributed by atoms with Crippen LogP contribution in [-0.4, -0.2) is 114 Å². The van der Waals surface area contributed by atoms with Crippen LogP contribution < -0.4 is 10.6 Å². The quantitative estimate of drug-likeness (QED) is 0.396. The van der Waals surface area contributed by atoms with E-state index in [1.165, 1.54) is 21.3 Å². The van der Waals surface area contributed by atoms with Crippen LogP contribution >= 0.6 is 11.3 Å². The summed E-state index contributed by atoms with van der Waals surface area (Å²) >= 11 is 0.892. The number of nitrogens with zero attached hydrogens (tertiary/aromatic N) is 5. The van der Waals surface area contributed by atoms with E-state index in [1.807, 2.05) is 0 Å². The third-order valence-corrected chi connectivity index (χ3v) is 11.1. The minimum atomic E-state index is -6.09. The molecule has 2 aromatic rings. The van der Waals surface area contributed by atoms with Gasteiger partial charge in [0, 0.05) is 56.2 Å². The van der Waals surface area contributed by atoms with E-state index in [0.717, 1.165) is 11.3 Å². The van der Waals surface area contributed by atoms with E-state index in [-0.39, 0.29) is 60.8 Å². The van der Waals surface area contributed by atoms with E-state index in [0.29, 0.717) is 31.1 Å². The summed E-state index contributed by atoms with van der Waals surface area (Å²) in [6, 6.07) is 1.79.